The van der Waals surface area contributed by atoms with E-state index in [2.05, 4.69) is 35.3 Å². The van der Waals surface area contributed by atoms with Gasteiger partial charge in [0.2, 0.25) is 0 Å². The maximum atomic E-state index is 6.15. The molecule has 3 heteroatoms. The molecule has 0 amide bonds. The lowest BCUT2D eigenvalue weighted by Crippen LogP contribution is -2.62. The summed E-state index contributed by atoms with van der Waals surface area (Å²) < 4.78 is 0. The molecular formula is C18H27ClN2. The van der Waals surface area contributed by atoms with Crippen molar-refractivity contribution in [3.8, 4) is 0 Å². The molecule has 1 aliphatic heterocycles. The topological polar surface area (TPSA) is 15.3 Å². The Balaban J connectivity index is 1.73. The second kappa shape index (κ2) is 6.68. The van der Waals surface area contributed by atoms with E-state index in [0.29, 0.717) is 11.6 Å². The van der Waals surface area contributed by atoms with Crippen LogP contribution < -0.4 is 5.32 Å². The zero-order valence-electron chi connectivity index (χ0n) is 13.1. The Labute approximate surface area is 133 Å². The maximum Gasteiger partial charge on any atom is 0.0409 e. The average molecular weight is 307 g/mol. The van der Waals surface area contributed by atoms with Crippen LogP contribution in [0, 0.1) is 0 Å². The highest BCUT2D eigenvalue weighted by Gasteiger charge is 2.40. The quantitative estimate of drug-likeness (QED) is 0.895. The van der Waals surface area contributed by atoms with Crippen molar-refractivity contribution in [2.45, 2.75) is 63.6 Å². The Morgan fingerprint density at radius 3 is 2.86 bits per heavy atom. The third-order valence-corrected chi connectivity index (χ3v) is 5.43. The van der Waals surface area contributed by atoms with Crippen LogP contribution in [0.2, 0.25) is 5.02 Å². The van der Waals surface area contributed by atoms with Gasteiger partial charge in [0.25, 0.3) is 0 Å². The summed E-state index contributed by atoms with van der Waals surface area (Å²) in [6.07, 6.45) is 8.00. The summed E-state index contributed by atoms with van der Waals surface area (Å²) in [6.45, 7) is 5.67. The molecule has 1 atom stereocenters. The van der Waals surface area contributed by atoms with Gasteiger partial charge in [0, 0.05) is 36.2 Å². The summed E-state index contributed by atoms with van der Waals surface area (Å²) in [5.41, 5.74) is 1.74. The highest BCUT2D eigenvalue weighted by molar-refractivity contribution is 6.30. The molecule has 1 spiro atoms. The highest BCUT2D eigenvalue weighted by atomic mass is 35.5. The standard InChI is InChI=1S/C18H27ClN2/c1-2-6-17-12-20-18(9-3-4-10-18)14-21(17)13-15-7-5-8-16(19)11-15/h5,7-8,11,17,20H,2-4,6,9-10,12-14H2,1H3. The van der Waals surface area contributed by atoms with Gasteiger partial charge < -0.3 is 5.32 Å². The van der Waals surface area contributed by atoms with Crippen LogP contribution in [0.3, 0.4) is 0 Å². The largest absolute Gasteiger partial charge is 0.308 e. The molecule has 1 heterocycles. The van der Waals surface area contributed by atoms with Crippen molar-refractivity contribution in [2.24, 2.45) is 0 Å². The van der Waals surface area contributed by atoms with Gasteiger partial charge >= 0.3 is 0 Å². The molecule has 0 radical (unpaired) electrons. The summed E-state index contributed by atoms with van der Waals surface area (Å²) in [6, 6.07) is 9.02. The number of hydrogen-bond donors (Lipinski definition) is 1. The van der Waals surface area contributed by atoms with Crippen LogP contribution in [0.15, 0.2) is 24.3 Å². The van der Waals surface area contributed by atoms with Crippen molar-refractivity contribution in [3.05, 3.63) is 34.9 Å². The molecule has 1 aliphatic carbocycles. The van der Waals surface area contributed by atoms with E-state index in [4.69, 9.17) is 11.6 Å². The third kappa shape index (κ3) is 3.61. The van der Waals surface area contributed by atoms with Crippen LogP contribution in [0.1, 0.15) is 51.0 Å². The normalized spacial score (nSPS) is 25.5. The minimum Gasteiger partial charge on any atom is -0.308 e. The summed E-state index contributed by atoms with van der Waals surface area (Å²) >= 11 is 6.15. The molecule has 1 aromatic carbocycles. The first-order valence-corrected chi connectivity index (χ1v) is 8.82. The average Bonchev–Trinajstić information content (AvgIpc) is 2.91. The molecule has 1 N–H and O–H groups in total. The SMILES string of the molecule is CCCC1CNC2(CCCC2)CN1Cc1cccc(Cl)c1. The van der Waals surface area contributed by atoms with E-state index < -0.39 is 0 Å². The lowest BCUT2D eigenvalue weighted by molar-refractivity contribution is 0.0690. The van der Waals surface area contributed by atoms with Gasteiger partial charge in [0.05, 0.1) is 0 Å². The van der Waals surface area contributed by atoms with Gasteiger partial charge in [0.15, 0.2) is 0 Å². The lowest BCUT2D eigenvalue weighted by atomic mass is 9.91. The summed E-state index contributed by atoms with van der Waals surface area (Å²) in [5.74, 6) is 0. The minimum atomic E-state index is 0.392. The number of hydrogen-bond acceptors (Lipinski definition) is 2. The fourth-order valence-corrected chi connectivity index (χ4v) is 4.31. The van der Waals surface area contributed by atoms with E-state index in [-0.39, 0.29) is 0 Å². The van der Waals surface area contributed by atoms with Crippen molar-refractivity contribution < 1.29 is 0 Å². The first kappa shape index (κ1) is 15.3. The van der Waals surface area contributed by atoms with E-state index in [9.17, 15) is 0 Å². The molecule has 21 heavy (non-hydrogen) atoms. The number of nitrogens with zero attached hydrogens (tertiary/aromatic N) is 1. The monoisotopic (exact) mass is 306 g/mol. The second-order valence-electron chi connectivity index (χ2n) is 6.85. The first-order chi connectivity index (χ1) is 10.2. The number of nitrogens with one attached hydrogen (secondary N) is 1. The number of piperazine rings is 1. The molecule has 1 saturated carbocycles. The third-order valence-electron chi connectivity index (χ3n) is 5.19. The van der Waals surface area contributed by atoms with Gasteiger partial charge in [-0.15, -0.1) is 0 Å². The highest BCUT2D eigenvalue weighted by Crippen LogP contribution is 2.34. The van der Waals surface area contributed by atoms with Gasteiger partial charge in [-0.1, -0.05) is 49.9 Å². The van der Waals surface area contributed by atoms with E-state index in [1.807, 2.05) is 6.07 Å². The summed E-state index contributed by atoms with van der Waals surface area (Å²) in [7, 11) is 0. The Morgan fingerprint density at radius 2 is 2.14 bits per heavy atom. The van der Waals surface area contributed by atoms with E-state index in [1.54, 1.807) is 0 Å². The molecule has 1 unspecified atom stereocenters. The number of benzene rings is 1. The molecular weight excluding hydrogens is 280 g/mol. The fraction of sp³-hybridized carbons (Fsp3) is 0.667. The Bertz CT molecular complexity index is 468. The second-order valence-corrected chi connectivity index (χ2v) is 7.28. The maximum absolute atomic E-state index is 6.15. The predicted octanol–water partition coefficient (Wildman–Crippen LogP) is 4.23. The molecule has 1 saturated heterocycles. The zero-order chi connectivity index (χ0) is 14.7. The number of halogens is 1. The minimum absolute atomic E-state index is 0.392. The summed E-state index contributed by atoms with van der Waals surface area (Å²) in [5, 5.41) is 4.74. The van der Waals surface area contributed by atoms with E-state index >= 15 is 0 Å². The zero-order valence-corrected chi connectivity index (χ0v) is 13.8. The van der Waals surface area contributed by atoms with Crippen LogP contribution in [0.5, 0.6) is 0 Å². The molecule has 2 nitrogen and oxygen atoms in total. The summed E-state index contributed by atoms with van der Waals surface area (Å²) in [4.78, 5) is 2.71. The van der Waals surface area contributed by atoms with Gasteiger partial charge in [-0.2, -0.15) is 0 Å². The first-order valence-electron chi connectivity index (χ1n) is 8.44. The fourth-order valence-electron chi connectivity index (χ4n) is 4.10. The van der Waals surface area contributed by atoms with E-state index in [0.717, 1.165) is 18.1 Å². The Morgan fingerprint density at radius 1 is 1.33 bits per heavy atom. The van der Waals surface area contributed by atoms with Crippen LogP contribution in [-0.4, -0.2) is 29.6 Å². The Hall–Kier alpha value is -0.570. The number of rotatable bonds is 4. The molecule has 0 bridgehead atoms. The van der Waals surface area contributed by atoms with Crippen molar-refractivity contribution in [1.29, 1.82) is 0 Å². The molecule has 3 rings (SSSR count). The van der Waals surface area contributed by atoms with Crippen molar-refractivity contribution in [1.82, 2.24) is 10.2 Å². The van der Waals surface area contributed by atoms with E-state index in [1.165, 1.54) is 50.6 Å². The predicted molar refractivity (Wildman–Crippen MR) is 89.8 cm³/mol. The van der Waals surface area contributed by atoms with Crippen molar-refractivity contribution in [2.75, 3.05) is 13.1 Å². The lowest BCUT2D eigenvalue weighted by Gasteiger charge is -2.46. The van der Waals surface area contributed by atoms with Gasteiger partial charge in [-0.05, 0) is 37.0 Å². The van der Waals surface area contributed by atoms with Crippen LogP contribution in [0.4, 0.5) is 0 Å². The van der Waals surface area contributed by atoms with Gasteiger partial charge in [0.1, 0.15) is 0 Å². The van der Waals surface area contributed by atoms with Crippen LogP contribution in [0.25, 0.3) is 0 Å². The van der Waals surface area contributed by atoms with Gasteiger partial charge in [-0.25, -0.2) is 0 Å². The molecule has 2 fully saturated rings. The molecule has 1 aromatic rings. The molecule has 116 valence electrons. The smallest absolute Gasteiger partial charge is 0.0409 e. The Kier molecular flexibility index (Phi) is 4.88. The van der Waals surface area contributed by atoms with Crippen molar-refractivity contribution in [3.63, 3.8) is 0 Å². The van der Waals surface area contributed by atoms with Gasteiger partial charge in [-0.3, -0.25) is 4.90 Å². The van der Waals surface area contributed by atoms with Crippen LogP contribution in [-0.2, 0) is 6.54 Å². The van der Waals surface area contributed by atoms with Crippen LogP contribution >= 0.6 is 11.6 Å². The molecule has 2 aliphatic rings. The molecule has 0 aromatic heterocycles. The van der Waals surface area contributed by atoms with Crippen molar-refractivity contribution >= 4 is 11.6 Å².